The van der Waals surface area contributed by atoms with E-state index in [9.17, 15) is 22.0 Å². The lowest BCUT2D eigenvalue weighted by molar-refractivity contribution is -0.142. The Morgan fingerprint density at radius 3 is 2.50 bits per heavy atom. The Hall–Kier alpha value is -1.14. The number of hydrogen-bond donors (Lipinski definition) is 0. The summed E-state index contributed by atoms with van der Waals surface area (Å²) in [5.41, 5.74) is -2.08. The van der Waals surface area contributed by atoms with E-state index in [0.29, 0.717) is 0 Å². The highest BCUT2D eigenvalue weighted by atomic mass is 19.4. The number of aromatic nitrogens is 2. The predicted octanol–water partition coefficient (Wildman–Crippen LogP) is 2.96. The van der Waals surface area contributed by atoms with Gasteiger partial charge >= 0.3 is 6.18 Å². The molecule has 2 nitrogen and oxygen atoms in total. The predicted molar refractivity (Wildman–Crippen MR) is 45.1 cm³/mol. The van der Waals surface area contributed by atoms with Crippen LogP contribution in [0.2, 0.25) is 0 Å². The van der Waals surface area contributed by atoms with Gasteiger partial charge in [-0.05, 0) is 13.3 Å². The molecule has 0 radical (unpaired) electrons. The molecule has 1 aromatic rings. The van der Waals surface area contributed by atoms with Crippen LogP contribution in [0.15, 0.2) is 0 Å². The summed E-state index contributed by atoms with van der Waals surface area (Å²) in [4.78, 5) is 0. The van der Waals surface area contributed by atoms with Crippen molar-refractivity contribution < 1.29 is 22.0 Å². The summed E-state index contributed by atoms with van der Waals surface area (Å²) in [5.74, 6) is -3.19. The Balaban J connectivity index is 2.62. The van der Waals surface area contributed by atoms with Gasteiger partial charge in [0.15, 0.2) is 5.69 Å². The van der Waals surface area contributed by atoms with Crippen LogP contribution in [0.1, 0.15) is 30.3 Å². The van der Waals surface area contributed by atoms with Crippen LogP contribution >= 0.6 is 0 Å². The van der Waals surface area contributed by atoms with Gasteiger partial charge in [-0.2, -0.15) is 27.1 Å². The third-order valence-corrected chi connectivity index (χ3v) is 2.65. The molecule has 0 amide bonds. The molecule has 0 aliphatic heterocycles. The molecule has 0 aromatic carbocycles. The van der Waals surface area contributed by atoms with Crippen molar-refractivity contribution >= 4 is 0 Å². The summed E-state index contributed by atoms with van der Waals surface area (Å²) in [6, 6.07) is 0. The van der Waals surface area contributed by atoms with Gasteiger partial charge in [0.25, 0.3) is 5.92 Å². The summed E-state index contributed by atoms with van der Waals surface area (Å²) >= 11 is 0. The molecular formula is C9H9F5N2. The van der Waals surface area contributed by atoms with Gasteiger partial charge in [0.1, 0.15) is 5.69 Å². The van der Waals surface area contributed by atoms with Crippen molar-refractivity contribution in [2.24, 2.45) is 0 Å². The second-order valence-electron chi connectivity index (χ2n) is 3.69. The maximum Gasteiger partial charge on any atom is 0.435 e. The van der Waals surface area contributed by atoms with Crippen LogP contribution in [0.3, 0.4) is 0 Å². The first-order valence-corrected chi connectivity index (χ1v) is 4.82. The molecule has 16 heavy (non-hydrogen) atoms. The number of rotatable bonds is 1. The monoisotopic (exact) mass is 240 g/mol. The molecule has 1 aliphatic rings. The quantitative estimate of drug-likeness (QED) is 0.690. The summed E-state index contributed by atoms with van der Waals surface area (Å²) in [6.07, 6.45) is -5.49. The first-order chi connectivity index (χ1) is 7.27. The first kappa shape index (κ1) is 11.3. The van der Waals surface area contributed by atoms with Gasteiger partial charge in [0, 0.05) is 18.5 Å². The zero-order chi connectivity index (χ0) is 12.1. The molecule has 0 spiro atoms. The fourth-order valence-electron chi connectivity index (χ4n) is 2.00. The number of aryl methyl sites for hydroxylation is 1. The third kappa shape index (κ3) is 1.49. The average Bonchev–Trinajstić information content (AvgIpc) is 2.64. The number of alkyl halides is 5. The molecule has 0 fully saturated rings. The van der Waals surface area contributed by atoms with Gasteiger partial charge in [-0.15, -0.1) is 0 Å². The molecule has 0 saturated heterocycles. The molecule has 0 unspecified atom stereocenters. The Morgan fingerprint density at radius 2 is 2.00 bits per heavy atom. The number of hydrogen-bond acceptors (Lipinski definition) is 1. The van der Waals surface area contributed by atoms with E-state index in [1.54, 1.807) is 0 Å². The van der Waals surface area contributed by atoms with E-state index in [0.717, 1.165) is 4.68 Å². The van der Waals surface area contributed by atoms with Crippen LogP contribution in [-0.2, 0) is 25.1 Å². The van der Waals surface area contributed by atoms with E-state index in [1.807, 2.05) is 0 Å². The first-order valence-electron chi connectivity index (χ1n) is 4.82. The van der Waals surface area contributed by atoms with E-state index in [4.69, 9.17) is 0 Å². The van der Waals surface area contributed by atoms with E-state index in [-0.39, 0.29) is 18.5 Å². The molecular weight excluding hydrogens is 231 g/mol. The SMILES string of the molecule is CCn1nc(C(F)(F)F)c2c1C(F)(F)CC2. The Labute approximate surface area is 88.1 Å². The van der Waals surface area contributed by atoms with Crippen molar-refractivity contribution in [1.82, 2.24) is 9.78 Å². The van der Waals surface area contributed by atoms with E-state index < -0.39 is 29.9 Å². The van der Waals surface area contributed by atoms with Crippen molar-refractivity contribution in [2.75, 3.05) is 0 Å². The average molecular weight is 240 g/mol. The normalized spacial score (nSPS) is 18.9. The minimum Gasteiger partial charge on any atom is -0.263 e. The van der Waals surface area contributed by atoms with Gasteiger partial charge < -0.3 is 0 Å². The minimum atomic E-state index is -4.66. The second kappa shape index (κ2) is 3.18. The molecule has 1 heterocycles. The third-order valence-electron chi connectivity index (χ3n) is 2.65. The largest absolute Gasteiger partial charge is 0.435 e. The van der Waals surface area contributed by atoms with E-state index in [2.05, 4.69) is 5.10 Å². The summed E-state index contributed by atoms with van der Waals surface area (Å²) in [6.45, 7) is 1.50. The highest BCUT2D eigenvalue weighted by Crippen LogP contribution is 2.46. The lowest BCUT2D eigenvalue weighted by Crippen LogP contribution is -2.16. The molecule has 0 atom stereocenters. The molecule has 2 rings (SSSR count). The molecule has 0 bridgehead atoms. The molecule has 0 N–H and O–H groups in total. The van der Waals surface area contributed by atoms with Gasteiger partial charge in [0.2, 0.25) is 0 Å². The molecule has 90 valence electrons. The number of halogens is 5. The summed E-state index contributed by atoms with van der Waals surface area (Å²) < 4.78 is 65.0. The van der Waals surface area contributed by atoms with E-state index in [1.165, 1.54) is 6.92 Å². The van der Waals surface area contributed by atoms with Gasteiger partial charge in [-0.1, -0.05) is 0 Å². The van der Waals surface area contributed by atoms with Crippen molar-refractivity contribution in [3.05, 3.63) is 17.0 Å². The van der Waals surface area contributed by atoms with Crippen LogP contribution in [0.4, 0.5) is 22.0 Å². The van der Waals surface area contributed by atoms with Crippen molar-refractivity contribution in [3.63, 3.8) is 0 Å². The van der Waals surface area contributed by atoms with Crippen LogP contribution in [0.5, 0.6) is 0 Å². The second-order valence-corrected chi connectivity index (χ2v) is 3.69. The topological polar surface area (TPSA) is 17.8 Å². The smallest absolute Gasteiger partial charge is 0.263 e. The Bertz CT molecular complexity index is 418. The molecule has 0 saturated carbocycles. The molecule has 1 aromatic heterocycles. The van der Waals surface area contributed by atoms with Crippen LogP contribution in [0.25, 0.3) is 0 Å². The lowest BCUT2D eigenvalue weighted by Gasteiger charge is -2.11. The van der Waals surface area contributed by atoms with Crippen LogP contribution in [0, 0.1) is 0 Å². The Morgan fingerprint density at radius 1 is 1.38 bits per heavy atom. The van der Waals surface area contributed by atoms with Crippen molar-refractivity contribution in [2.45, 2.75) is 38.4 Å². The summed E-state index contributed by atoms with van der Waals surface area (Å²) in [5, 5.41) is 3.23. The van der Waals surface area contributed by atoms with Crippen molar-refractivity contribution in [3.8, 4) is 0 Å². The lowest BCUT2D eigenvalue weighted by atomic mass is 10.2. The maximum absolute atomic E-state index is 13.4. The minimum absolute atomic E-state index is 0.00794. The van der Waals surface area contributed by atoms with Crippen LogP contribution in [-0.4, -0.2) is 9.78 Å². The van der Waals surface area contributed by atoms with Gasteiger partial charge in [0.05, 0.1) is 0 Å². The van der Waals surface area contributed by atoms with Gasteiger partial charge in [-0.3, -0.25) is 4.68 Å². The Kier molecular flexibility index (Phi) is 2.25. The highest BCUT2D eigenvalue weighted by molar-refractivity contribution is 5.36. The van der Waals surface area contributed by atoms with Crippen LogP contribution < -0.4 is 0 Å². The van der Waals surface area contributed by atoms with Gasteiger partial charge in [-0.25, -0.2) is 0 Å². The highest BCUT2D eigenvalue weighted by Gasteiger charge is 2.49. The number of nitrogens with zero attached hydrogens (tertiary/aromatic N) is 2. The zero-order valence-corrected chi connectivity index (χ0v) is 8.41. The zero-order valence-electron chi connectivity index (χ0n) is 8.41. The standard InChI is InChI=1S/C9H9F5N2/c1-2-16-7-5(3-4-8(7,10)11)6(15-16)9(12,13)14/h2-4H2,1H3. The molecule has 1 aliphatic carbocycles. The number of fused-ring (bicyclic) bond motifs is 1. The fraction of sp³-hybridized carbons (Fsp3) is 0.667. The van der Waals surface area contributed by atoms with E-state index >= 15 is 0 Å². The summed E-state index contributed by atoms with van der Waals surface area (Å²) in [7, 11) is 0. The fourth-order valence-corrected chi connectivity index (χ4v) is 2.00. The maximum atomic E-state index is 13.4. The molecule has 7 heteroatoms. The van der Waals surface area contributed by atoms with Crippen molar-refractivity contribution in [1.29, 1.82) is 0 Å².